The fraction of sp³-hybridized carbons (Fsp3) is 0.682. The van der Waals surface area contributed by atoms with Crippen molar-refractivity contribution in [1.82, 2.24) is 4.90 Å². The summed E-state index contributed by atoms with van der Waals surface area (Å²) in [7, 11) is 1.85. The second kappa shape index (κ2) is 20.3. The van der Waals surface area contributed by atoms with E-state index in [1.165, 1.54) is 0 Å². The zero-order valence-electron chi connectivity index (χ0n) is 18.5. The van der Waals surface area contributed by atoms with Crippen LogP contribution in [0.5, 0.6) is 0 Å². The summed E-state index contributed by atoms with van der Waals surface area (Å²) >= 11 is 0. The topological polar surface area (TPSA) is 95.9 Å². The standard InChI is InChI=1S/C22H37NO8/c1-23(19-22(25)31-20-21-5-3-2-4-6-21)7-9-26-11-13-28-15-17-30-18-16-29-14-12-27-10-8-24/h2-6,24H,7-20H2,1H3. The molecule has 0 aliphatic carbocycles. The van der Waals surface area contributed by atoms with Crippen LogP contribution in [0, 0.1) is 0 Å². The Morgan fingerprint density at radius 2 is 1.26 bits per heavy atom. The monoisotopic (exact) mass is 443 g/mol. The van der Waals surface area contributed by atoms with Crippen LogP contribution in [0.25, 0.3) is 0 Å². The predicted molar refractivity (Wildman–Crippen MR) is 115 cm³/mol. The number of aliphatic hydroxyl groups excluding tert-OH is 1. The lowest BCUT2D eigenvalue weighted by molar-refractivity contribution is -0.146. The summed E-state index contributed by atoms with van der Waals surface area (Å²) in [5.41, 5.74) is 0.973. The number of hydrogen-bond donors (Lipinski definition) is 1. The number of nitrogens with zero attached hydrogens (tertiary/aromatic N) is 1. The van der Waals surface area contributed by atoms with E-state index in [0.717, 1.165) is 5.56 Å². The van der Waals surface area contributed by atoms with E-state index in [2.05, 4.69) is 0 Å². The third-order valence-corrected chi connectivity index (χ3v) is 3.98. The van der Waals surface area contributed by atoms with Gasteiger partial charge in [-0.05, 0) is 12.6 Å². The van der Waals surface area contributed by atoms with E-state index in [0.29, 0.717) is 79.2 Å². The molecule has 0 heterocycles. The van der Waals surface area contributed by atoms with Gasteiger partial charge in [0.15, 0.2) is 0 Å². The van der Waals surface area contributed by atoms with Crippen LogP contribution in [0.1, 0.15) is 5.56 Å². The lowest BCUT2D eigenvalue weighted by Crippen LogP contribution is -2.30. The van der Waals surface area contributed by atoms with Crippen molar-refractivity contribution in [3.8, 4) is 0 Å². The molecule has 0 saturated carbocycles. The molecule has 0 spiro atoms. The Balaban J connectivity index is 1.80. The van der Waals surface area contributed by atoms with E-state index in [4.69, 9.17) is 33.5 Å². The summed E-state index contributed by atoms with van der Waals surface area (Å²) in [6.45, 7) is 5.96. The average Bonchev–Trinajstić information content (AvgIpc) is 2.78. The molecule has 178 valence electrons. The molecule has 0 aliphatic rings. The highest BCUT2D eigenvalue weighted by Crippen LogP contribution is 2.01. The molecule has 0 fully saturated rings. The maximum atomic E-state index is 11.8. The molecule has 0 atom stereocenters. The van der Waals surface area contributed by atoms with Crippen molar-refractivity contribution in [2.24, 2.45) is 0 Å². The minimum atomic E-state index is -0.255. The van der Waals surface area contributed by atoms with Crippen LogP contribution in [0.4, 0.5) is 0 Å². The van der Waals surface area contributed by atoms with Crippen molar-refractivity contribution in [3.05, 3.63) is 35.9 Å². The third kappa shape index (κ3) is 17.8. The summed E-state index contributed by atoms with van der Waals surface area (Å²) in [6, 6.07) is 9.61. The SMILES string of the molecule is CN(CCOCCOCCOCCOCCOCCO)CC(=O)OCc1ccccc1. The van der Waals surface area contributed by atoms with Gasteiger partial charge in [-0.3, -0.25) is 9.69 Å². The van der Waals surface area contributed by atoms with E-state index in [1.807, 2.05) is 42.3 Å². The van der Waals surface area contributed by atoms with Crippen LogP contribution in [0.3, 0.4) is 0 Å². The van der Waals surface area contributed by atoms with Crippen LogP contribution in [-0.2, 0) is 39.8 Å². The van der Waals surface area contributed by atoms with Crippen molar-refractivity contribution < 1.29 is 38.3 Å². The number of ether oxygens (including phenoxy) is 6. The first-order valence-electron chi connectivity index (χ1n) is 10.6. The zero-order valence-corrected chi connectivity index (χ0v) is 18.5. The first-order chi connectivity index (χ1) is 15.2. The summed E-state index contributed by atoms with van der Waals surface area (Å²) < 4.78 is 31.9. The van der Waals surface area contributed by atoms with Gasteiger partial charge in [0.1, 0.15) is 6.61 Å². The van der Waals surface area contributed by atoms with Crippen LogP contribution < -0.4 is 0 Å². The quantitative estimate of drug-likeness (QED) is 0.218. The molecule has 0 amide bonds. The highest BCUT2D eigenvalue weighted by atomic mass is 16.6. The number of carbonyl (C=O) groups excluding carboxylic acids is 1. The highest BCUT2D eigenvalue weighted by molar-refractivity contribution is 5.71. The molecule has 1 rings (SSSR count). The minimum absolute atomic E-state index is 0.0250. The van der Waals surface area contributed by atoms with Gasteiger partial charge < -0.3 is 33.5 Å². The molecule has 0 bridgehead atoms. The molecular weight excluding hydrogens is 406 g/mol. The number of likely N-dealkylation sites (N-methyl/N-ethyl adjacent to an activating group) is 1. The van der Waals surface area contributed by atoms with Crippen LogP contribution in [0.2, 0.25) is 0 Å². The van der Waals surface area contributed by atoms with Gasteiger partial charge in [-0.1, -0.05) is 30.3 Å². The van der Waals surface area contributed by atoms with Crippen LogP contribution in [0.15, 0.2) is 30.3 Å². The molecule has 0 unspecified atom stereocenters. The van der Waals surface area contributed by atoms with Gasteiger partial charge in [0.25, 0.3) is 0 Å². The fourth-order valence-electron chi connectivity index (χ4n) is 2.35. The van der Waals surface area contributed by atoms with Crippen molar-refractivity contribution >= 4 is 5.97 Å². The van der Waals surface area contributed by atoms with E-state index in [9.17, 15) is 4.79 Å². The molecule has 31 heavy (non-hydrogen) atoms. The second-order valence-electron chi connectivity index (χ2n) is 6.67. The first-order valence-corrected chi connectivity index (χ1v) is 10.6. The van der Waals surface area contributed by atoms with Crippen LogP contribution >= 0.6 is 0 Å². The molecule has 0 radical (unpaired) electrons. The molecule has 0 aliphatic heterocycles. The molecular formula is C22H37NO8. The van der Waals surface area contributed by atoms with Crippen molar-refractivity contribution in [3.63, 3.8) is 0 Å². The molecule has 9 nitrogen and oxygen atoms in total. The van der Waals surface area contributed by atoms with Gasteiger partial charge in [-0.15, -0.1) is 0 Å². The first kappa shape index (κ1) is 27.4. The fourth-order valence-corrected chi connectivity index (χ4v) is 2.35. The highest BCUT2D eigenvalue weighted by Gasteiger charge is 2.08. The van der Waals surface area contributed by atoms with Gasteiger partial charge in [0, 0.05) is 6.54 Å². The number of aliphatic hydroxyl groups is 1. The summed E-state index contributed by atoms with van der Waals surface area (Å²) in [6.07, 6.45) is 0. The van der Waals surface area contributed by atoms with Gasteiger partial charge >= 0.3 is 5.97 Å². The Kier molecular flexibility index (Phi) is 18.0. The summed E-state index contributed by atoms with van der Waals surface area (Å²) in [4.78, 5) is 13.7. The minimum Gasteiger partial charge on any atom is -0.460 e. The average molecular weight is 444 g/mol. The summed E-state index contributed by atoms with van der Waals surface area (Å²) in [5.74, 6) is -0.255. The smallest absolute Gasteiger partial charge is 0.320 e. The van der Waals surface area contributed by atoms with E-state index in [1.54, 1.807) is 0 Å². The predicted octanol–water partition coefficient (Wildman–Crippen LogP) is 0.737. The molecule has 0 aromatic heterocycles. The van der Waals surface area contributed by atoms with Gasteiger partial charge in [-0.2, -0.15) is 0 Å². The molecule has 1 aromatic rings. The maximum Gasteiger partial charge on any atom is 0.320 e. The number of carbonyl (C=O) groups is 1. The molecule has 0 saturated heterocycles. The number of hydrogen-bond acceptors (Lipinski definition) is 9. The van der Waals surface area contributed by atoms with E-state index >= 15 is 0 Å². The number of esters is 1. The molecule has 1 N–H and O–H groups in total. The third-order valence-electron chi connectivity index (χ3n) is 3.98. The Bertz CT molecular complexity index is 532. The lowest BCUT2D eigenvalue weighted by Gasteiger charge is -2.16. The Labute approximate surface area is 185 Å². The normalized spacial score (nSPS) is 11.2. The van der Waals surface area contributed by atoms with Crippen molar-refractivity contribution in [2.75, 3.05) is 92.8 Å². The number of rotatable bonds is 21. The number of benzene rings is 1. The van der Waals surface area contributed by atoms with Gasteiger partial charge in [-0.25, -0.2) is 0 Å². The van der Waals surface area contributed by atoms with E-state index < -0.39 is 0 Å². The van der Waals surface area contributed by atoms with Gasteiger partial charge in [0.2, 0.25) is 0 Å². The maximum absolute atomic E-state index is 11.8. The van der Waals surface area contributed by atoms with Crippen molar-refractivity contribution in [2.45, 2.75) is 6.61 Å². The molecule has 1 aromatic carbocycles. The van der Waals surface area contributed by atoms with Crippen LogP contribution in [-0.4, -0.2) is 109 Å². The van der Waals surface area contributed by atoms with Crippen molar-refractivity contribution in [1.29, 1.82) is 0 Å². The van der Waals surface area contributed by atoms with Gasteiger partial charge in [0.05, 0.1) is 79.2 Å². The Morgan fingerprint density at radius 3 is 1.77 bits per heavy atom. The Morgan fingerprint density at radius 1 is 0.774 bits per heavy atom. The van der Waals surface area contributed by atoms with E-state index in [-0.39, 0.29) is 19.1 Å². The Hall–Kier alpha value is -1.59. The molecule has 9 heteroatoms. The largest absolute Gasteiger partial charge is 0.460 e. The summed E-state index contributed by atoms with van der Waals surface area (Å²) in [5, 5.41) is 8.54. The zero-order chi connectivity index (χ0) is 22.4. The second-order valence-corrected chi connectivity index (χ2v) is 6.67. The lowest BCUT2D eigenvalue weighted by atomic mass is 10.2.